The van der Waals surface area contributed by atoms with E-state index in [4.69, 9.17) is 10.00 Å². The predicted octanol–water partition coefficient (Wildman–Crippen LogP) is 5.42. The van der Waals surface area contributed by atoms with Crippen molar-refractivity contribution in [1.82, 2.24) is 4.90 Å². The lowest BCUT2D eigenvalue weighted by Gasteiger charge is -2.41. The highest BCUT2D eigenvalue weighted by Crippen LogP contribution is 2.41. The second-order valence-electron chi connectivity index (χ2n) is 9.20. The molecule has 1 spiro atoms. The molecule has 0 aromatic heterocycles. The molecule has 3 aromatic rings. The molecule has 2 aliphatic rings. The summed E-state index contributed by atoms with van der Waals surface area (Å²) in [4.78, 5) is 16.4. The Morgan fingerprint density at radius 2 is 1.50 bits per heavy atom. The molecule has 1 fully saturated rings. The Bertz CT molecular complexity index is 1180. The van der Waals surface area contributed by atoms with Crippen LogP contribution in [0.2, 0.25) is 0 Å². The number of nitriles is 1. The molecule has 5 nitrogen and oxygen atoms in total. The van der Waals surface area contributed by atoms with Gasteiger partial charge in [0.15, 0.2) is 0 Å². The highest BCUT2D eigenvalue weighted by atomic mass is 16.5. The number of piperidine rings is 1. The number of rotatable bonds is 4. The number of likely N-dealkylation sites (tertiary alicyclic amines) is 1. The van der Waals surface area contributed by atoms with Crippen molar-refractivity contribution in [3.63, 3.8) is 0 Å². The zero-order valence-electron chi connectivity index (χ0n) is 19.3. The van der Waals surface area contributed by atoms with Gasteiger partial charge in [-0.2, -0.15) is 5.26 Å². The third-order valence-corrected chi connectivity index (χ3v) is 7.06. The van der Waals surface area contributed by atoms with E-state index < -0.39 is 0 Å². The maximum Gasteiger partial charge on any atom is 0.236 e. The minimum Gasteiger partial charge on any atom is -0.485 e. The number of fused-ring (bicyclic) bond motifs is 1. The Hall–Kier alpha value is -3.78. The maximum atomic E-state index is 12.2. The molecule has 1 amide bonds. The highest BCUT2D eigenvalue weighted by Gasteiger charge is 2.40. The maximum absolute atomic E-state index is 12.2. The average Bonchev–Trinajstić information content (AvgIpc) is 3.02. The van der Waals surface area contributed by atoms with E-state index in [0.717, 1.165) is 43.8 Å². The number of hydrogen-bond acceptors (Lipinski definition) is 4. The summed E-state index contributed by atoms with van der Waals surface area (Å²) in [5, 5.41) is 8.85. The van der Waals surface area contributed by atoms with E-state index in [1.807, 2.05) is 18.2 Å². The zero-order valence-corrected chi connectivity index (χ0v) is 19.3. The molecule has 172 valence electrons. The zero-order chi connectivity index (χ0) is 23.4. The second kappa shape index (κ2) is 9.61. The van der Waals surface area contributed by atoms with Crippen molar-refractivity contribution >= 4 is 11.6 Å². The molecule has 0 unspecified atom stereocenters. The minimum absolute atomic E-state index is 0.0481. The molecule has 3 aromatic carbocycles. The van der Waals surface area contributed by atoms with Crippen LogP contribution in [-0.2, 0) is 11.3 Å². The van der Waals surface area contributed by atoms with Gasteiger partial charge in [-0.25, -0.2) is 0 Å². The van der Waals surface area contributed by atoms with Crippen molar-refractivity contribution in [2.24, 2.45) is 0 Å². The number of para-hydroxylation sites is 2. The van der Waals surface area contributed by atoms with Gasteiger partial charge in [0.2, 0.25) is 5.91 Å². The molecule has 0 atom stereocenters. The summed E-state index contributed by atoms with van der Waals surface area (Å²) in [7, 11) is 0. The van der Waals surface area contributed by atoms with Gasteiger partial charge in [-0.15, -0.1) is 0 Å². The third kappa shape index (κ3) is 4.63. The smallest absolute Gasteiger partial charge is 0.236 e. The summed E-state index contributed by atoms with van der Waals surface area (Å²) in [6.07, 6.45) is 2.44. The Labute approximate surface area is 201 Å². The molecule has 0 N–H and O–H groups in total. The lowest BCUT2D eigenvalue weighted by atomic mass is 9.87. The largest absolute Gasteiger partial charge is 0.485 e. The van der Waals surface area contributed by atoms with Gasteiger partial charge in [-0.3, -0.25) is 4.79 Å². The van der Waals surface area contributed by atoms with Crippen LogP contribution in [0.3, 0.4) is 0 Å². The molecule has 1 saturated heterocycles. The molecule has 2 heterocycles. The van der Waals surface area contributed by atoms with E-state index in [1.54, 1.807) is 4.90 Å². The average molecular weight is 452 g/mol. The Morgan fingerprint density at radius 1 is 0.853 bits per heavy atom. The van der Waals surface area contributed by atoms with Crippen molar-refractivity contribution in [2.45, 2.75) is 37.8 Å². The summed E-state index contributed by atoms with van der Waals surface area (Å²) in [6.45, 7) is 3.00. The van der Waals surface area contributed by atoms with Gasteiger partial charge in [0.25, 0.3) is 0 Å². The number of amides is 1. The molecule has 2 aliphatic heterocycles. The van der Waals surface area contributed by atoms with E-state index in [1.165, 1.54) is 16.7 Å². The van der Waals surface area contributed by atoms with E-state index in [9.17, 15) is 4.79 Å². The number of hydrogen-bond donors (Lipinski definition) is 0. The van der Waals surface area contributed by atoms with Crippen LogP contribution in [0.4, 0.5) is 5.69 Å². The summed E-state index contributed by atoms with van der Waals surface area (Å²) >= 11 is 0. The lowest BCUT2D eigenvalue weighted by molar-refractivity contribution is -0.133. The first-order valence-corrected chi connectivity index (χ1v) is 12.0. The van der Waals surface area contributed by atoms with Crippen LogP contribution in [0, 0.1) is 11.3 Å². The molecule has 34 heavy (non-hydrogen) atoms. The van der Waals surface area contributed by atoms with E-state index in [2.05, 4.69) is 71.6 Å². The Kier molecular flexibility index (Phi) is 6.22. The van der Waals surface area contributed by atoms with Crippen molar-refractivity contribution in [3.05, 3.63) is 84.4 Å². The van der Waals surface area contributed by atoms with Gasteiger partial charge >= 0.3 is 0 Å². The molecular formula is C29H29N3O2. The molecule has 5 heteroatoms. The number of ether oxygens (including phenoxy) is 1. The molecule has 0 radical (unpaired) electrons. The molecule has 0 saturated carbocycles. The van der Waals surface area contributed by atoms with Gasteiger partial charge in [-0.1, -0.05) is 66.7 Å². The van der Waals surface area contributed by atoms with Crippen molar-refractivity contribution in [3.8, 4) is 22.9 Å². The number of carbonyl (C=O) groups excluding carboxylic acids is 1. The van der Waals surface area contributed by atoms with Crippen LogP contribution in [0.25, 0.3) is 11.1 Å². The van der Waals surface area contributed by atoms with Crippen LogP contribution in [0.15, 0.2) is 78.9 Å². The van der Waals surface area contributed by atoms with Gasteiger partial charge in [0.05, 0.1) is 11.8 Å². The van der Waals surface area contributed by atoms with Crippen LogP contribution in [0.5, 0.6) is 5.75 Å². The van der Waals surface area contributed by atoms with Gasteiger partial charge in [-0.05, 0) is 28.8 Å². The first-order valence-electron chi connectivity index (χ1n) is 12.0. The van der Waals surface area contributed by atoms with Crippen molar-refractivity contribution in [2.75, 3.05) is 24.5 Å². The van der Waals surface area contributed by atoms with Crippen LogP contribution in [-0.4, -0.2) is 36.0 Å². The number of anilines is 1. The molecular weight excluding hydrogens is 422 g/mol. The minimum atomic E-state index is -0.272. The summed E-state index contributed by atoms with van der Waals surface area (Å²) in [5.41, 5.74) is 4.56. The van der Waals surface area contributed by atoms with Crippen molar-refractivity contribution in [1.29, 1.82) is 5.26 Å². The number of nitrogens with zero attached hydrogens (tertiary/aromatic N) is 3. The first kappa shape index (κ1) is 22.0. The molecule has 0 bridgehead atoms. The first-order chi connectivity index (χ1) is 16.7. The van der Waals surface area contributed by atoms with Gasteiger partial charge in [0, 0.05) is 45.4 Å². The quantitative estimate of drug-likeness (QED) is 0.532. The van der Waals surface area contributed by atoms with Crippen LogP contribution >= 0.6 is 0 Å². The van der Waals surface area contributed by atoms with Crippen molar-refractivity contribution < 1.29 is 9.53 Å². The predicted molar refractivity (Wildman–Crippen MR) is 133 cm³/mol. The summed E-state index contributed by atoms with van der Waals surface area (Å²) < 4.78 is 6.67. The van der Waals surface area contributed by atoms with Gasteiger partial charge in [0.1, 0.15) is 17.8 Å². The fourth-order valence-corrected chi connectivity index (χ4v) is 5.06. The van der Waals surface area contributed by atoms with E-state index in [-0.39, 0.29) is 17.9 Å². The van der Waals surface area contributed by atoms with Gasteiger partial charge < -0.3 is 14.5 Å². The number of benzene rings is 3. The number of carbonyl (C=O) groups is 1. The SMILES string of the molecule is N#CCC(=O)N1CCC2(CC1)CCN(Cc1ccc(-c3ccccc3)cc1)c1ccccc1O2. The monoisotopic (exact) mass is 451 g/mol. The summed E-state index contributed by atoms with van der Waals surface area (Å²) in [6, 6.07) is 29.5. The topological polar surface area (TPSA) is 56.6 Å². The van der Waals surface area contributed by atoms with E-state index in [0.29, 0.717) is 13.1 Å². The normalized spacial score (nSPS) is 16.8. The molecule has 5 rings (SSSR count). The summed E-state index contributed by atoms with van der Waals surface area (Å²) in [5.74, 6) is 0.838. The highest BCUT2D eigenvalue weighted by molar-refractivity contribution is 5.78. The lowest BCUT2D eigenvalue weighted by Crippen LogP contribution is -2.50. The fraction of sp³-hybridized carbons (Fsp3) is 0.310. The standard InChI is InChI=1S/C29H29N3O2/c30-18-14-28(33)31-19-15-29(16-20-31)17-21-32(26-8-4-5-9-27(26)34-29)22-23-10-12-25(13-11-23)24-6-2-1-3-7-24/h1-13H,14-17,19-22H2. The fourth-order valence-electron chi connectivity index (χ4n) is 5.06. The second-order valence-corrected chi connectivity index (χ2v) is 9.20. The Morgan fingerprint density at radius 3 is 2.24 bits per heavy atom. The molecule has 0 aliphatic carbocycles. The van der Waals surface area contributed by atoms with E-state index >= 15 is 0 Å². The van der Waals surface area contributed by atoms with Crippen LogP contribution < -0.4 is 9.64 Å². The Balaban J connectivity index is 1.32. The van der Waals surface area contributed by atoms with Crippen LogP contribution in [0.1, 0.15) is 31.2 Å². The third-order valence-electron chi connectivity index (χ3n) is 7.06.